The molecule has 1 aliphatic rings. The predicted molar refractivity (Wildman–Crippen MR) is 134 cm³/mol. The molecule has 0 aromatic carbocycles. The molecule has 3 amide bonds. The zero-order chi connectivity index (χ0) is 25.1. The molecule has 4 N–H and O–H groups in total. The Balaban J connectivity index is 3.12. The van der Waals surface area contributed by atoms with Crippen molar-refractivity contribution in [2.75, 3.05) is 31.4 Å². The number of likely N-dealkylation sites (N-methyl/N-ethyl adjacent to an activating group) is 1. The molecule has 0 bridgehead atoms. The first-order valence-corrected chi connectivity index (χ1v) is 13.5. The number of carbonyl (C=O) groups is 4. The van der Waals surface area contributed by atoms with Gasteiger partial charge in [0.1, 0.15) is 12.1 Å². The summed E-state index contributed by atoms with van der Waals surface area (Å²) in [6.45, 7) is 3.46. The van der Waals surface area contributed by atoms with Crippen LogP contribution in [-0.2, 0) is 19.2 Å². The fourth-order valence-corrected chi connectivity index (χ4v) is 4.84. The van der Waals surface area contributed by atoms with Crippen molar-refractivity contribution in [2.24, 2.45) is 11.7 Å². The van der Waals surface area contributed by atoms with Gasteiger partial charge in [0.25, 0.3) is 0 Å². The maximum absolute atomic E-state index is 13.7. The quantitative estimate of drug-likeness (QED) is 0.277. The number of carboxylic acid groups (broad SMARTS) is 1. The van der Waals surface area contributed by atoms with E-state index in [1.54, 1.807) is 11.9 Å². The Morgan fingerprint density at radius 2 is 1.76 bits per heavy atom. The number of hydrogen-bond donors (Lipinski definition) is 4. The normalized spacial score (nSPS) is 17.2. The second-order valence-electron chi connectivity index (χ2n) is 8.92. The largest absolute Gasteiger partial charge is 0.480 e. The van der Waals surface area contributed by atoms with Crippen molar-refractivity contribution in [2.45, 2.75) is 76.5 Å². The lowest BCUT2D eigenvalue weighted by Gasteiger charge is -2.40. The maximum Gasteiger partial charge on any atom is 0.326 e. The fourth-order valence-electron chi connectivity index (χ4n) is 4.21. The van der Waals surface area contributed by atoms with E-state index in [0.29, 0.717) is 12.2 Å². The van der Waals surface area contributed by atoms with Gasteiger partial charge in [-0.3, -0.25) is 14.4 Å². The van der Waals surface area contributed by atoms with Crippen LogP contribution in [0.25, 0.3) is 0 Å². The Labute approximate surface area is 207 Å². The Kier molecular flexibility index (Phi) is 13.2. The zero-order valence-corrected chi connectivity index (χ0v) is 21.9. The Bertz CT molecular complexity index is 673. The summed E-state index contributed by atoms with van der Waals surface area (Å²) in [5, 5.41) is 12.0. The highest BCUT2D eigenvalue weighted by molar-refractivity contribution is 7.98. The Morgan fingerprint density at radius 1 is 1.15 bits per heavy atom. The SMILES string of the molecule is CSCC[C@H](NC(=O)CN(C(=O)[C@H](C(C)C)N(C)C(=O)[C@@H](N)CS)C1CCCCC1)C(=O)O. The first-order chi connectivity index (χ1) is 15.5. The predicted octanol–water partition coefficient (Wildman–Crippen LogP) is 1.21. The van der Waals surface area contributed by atoms with Gasteiger partial charge in [-0.15, -0.1) is 0 Å². The van der Waals surface area contributed by atoms with Gasteiger partial charge in [0, 0.05) is 18.8 Å². The topological polar surface area (TPSA) is 133 Å². The molecular formula is C22H40N4O5S2. The Hall–Kier alpha value is -1.46. The minimum atomic E-state index is -1.10. The molecule has 1 rings (SSSR count). The summed E-state index contributed by atoms with van der Waals surface area (Å²) in [6.07, 6.45) is 6.68. The van der Waals surface area contributed by atoms with E-state index in [1.165, 1.54) is 16.7 Å². The van der Waals surface area contributed by atoms with Crippen LogP contribution in [0.2, 0.25) is 0 Å². The van der Waals surface area contributed by atoms with Crippen molar-refractivity contribution in [3.05, 3.63) is 0 Å². The molecule has 0 heterocycles. The standard InChI is InChI=1S/C22H40N4O5S2/c1-14(2)19(25(3)20(28)16(23)13-32)21(29)26(15-8-6-5-7-9-15)12-18(27)24-17(22(30)31)10-11-33-4/h14-17,19,32H,5-13,23H2,1-4H3,(H,24,27)(H,30,31)/t16-,17-,19-/m0/s1. The molecule has 0 aromatic heterocycles. The number of nitrogens with zero attached hydrogens (tertiary/aromatic N) is 2. The molecule has 11 heteroatoms. The number of nitrogens with one attached hydrogen (secondary N) is 1. The molecule has 0 spiro atoms. The number of thiol groups is 1. The van der Waals surface area contributed by atoms with Crippen LogP contribution in [-0.4, -0.2) is 94.1 Å². The van der Waals surface area contributed by atoms with Gasteiger partial charge in [-0.2, -0.15) is 24.4 Å². The third kappa shape index (κ3) is 9.01. The van der Waals surface area contributed by atoms with Crippen molar-refractivity contribution in [3.63, 3.8) is 0 Å². The van der Waals surface area contributed by atoms with Crippen LogP contribution in [0.1, 0.15) is 52.4 Å². The van der Waals surface area contributed by atoms with Gasteiger partial charge >= 0.3 is 5.97 Å². The van der Waals surface area contributed by atoms with E-state index in [9.17, 15) is 24.3 Å². The van der Waals surface area contributed by atoms with Crippen LogP contribution in [0.3, 0.4) is 0 Å². The van der Waals surface area contributed by atoms with Crippen LogP contribution < -0.4 is 11.1 Å². The molecule has 33 heavy (non-hydrogen) atoms. The van der Waals surface area contributed by atoms with Gasteiger partial charge in [0.15, 0.2) is 0 Å². The highest BCUT2D eigenvalue weighted by atomic mass is 32.2. The highest BCUT2D eigenvalue weighted by Crippen LogP contribution is 2.25. The molecule has 0 radical (unpaired) electrons. The zero-order valence-electron chi connectivity index (χ0n) is 20.2. The van der Waals surface area contributed by atoms with E-state index < -0.39 is 30.0 Å². The number of hydrogen-bond acceptors (Lipinski definition) is 7. The molecular weight excluding hydrogens is 464 g/mol. The number of carbonyl (C=O) groups excluding carboxylic acids is 3. The molecule has 0 aliphatic heterocycles. The number of thioether (sulfide) groups is 1. The molecule has 0 unspecified atom stereocenters. The van der Waals surface area contributed by atoms with Crippen LogP contribution >= 0.6 is 24.4 Å². The van der Waals surface area contributed by atoms with Gasteiger partial charge in [0.05, 0.1) is 12.6 Å². The summed E-state index contributed by atoms with van der Waals surface area (Å²) in [5.74, 6) is -1.76. The monoisotopic (exact) mass is 504 g/mol. The maximum atomic E-state index is 13.7. The summed E-state index contributed by atoms with van der Waals surface area (Å²) < 4.78 is 0. The van der Waals surface area contributed by atoms with Crippen molar-refractivity contribution >= 4 is 48.1 Å². The van der Waals surface area contributed by atoms with Crippen LogP contribution in [0, 0.1) is 5.92 Å². The van der Waals surface area contributed by atoms with Crippen LogP contribution in [0.5, 0.6) is 0 Å². The molecule has 1 aliphatic carbocycles. The minimum absolute atomic E-state index is 0.130. The second-order valence-corrected chi connectivity index (χ2v) is 10.3. The van der Waals surface area contributed by atoms with E-state index in [2.05, 4.69) is 17.9 Å². The fraction of sp³-hybridized carbons (Fsp3) is 0.818. The summed E-state index contributed by atoms with van der Waals surface area (Å²) >= 11 is 5.59. The number of aliphatic carboxylic acids is 1. The first kappa shape index (κ1) is 29.6. The van der Waals surface area contributed by atoms with Crippen molar-refractivity contribution in [3.8, 4) is 0 Å². The number of amides is 3. The van der Waals surface area contributed by atoms with Crippen molar-refractivity contribution in [1.29, 1.82) is 0 Å². The summed E-state index contributed by atoms with van der Waals surface area (Å²) in [5.41, 5.74) is 5.86. The van der Waals surface area contributed by atoms with E-state index in [-0.39, 0.29) is 36.1 Å². The van der Waals surface area contributed by atoms with Gasteiger partial charge in [-0.05, 0) is 37.2 Å². The Morgan fingerprint density at radius 3 is 2.24 bits per heavy atom. The van der Waals surface area contributed by atoms with E-state index in [4.69, 9.17) is 5.73 Å². The number of nitrogens with two attached hydrogens (primary N) is 1. The van der Waals surface area contributed by atoms with Crippen molar-refractivity contribution in [1.82, 2.24) is 15.1 Å². The van der Waals surface area contributed by atoms with Crippen LogP contribution in [0.15, 0.2) is 0 Å². The number of rotatable bonds is 13. The average molecular weight is 505 g/mol. The summed E-state index contributed by atoms with van der Waals surface area (Å²) in [4.78, 5) is 53.7. The van der Waals surface area contributed by atoms with Crippen molar-refractivity contribution < 1.29 is 24.3 Å². The van der Waals surface area contributed by atoms with E-state index >= 15 is 0 Å². The first-order valence-electron chi connectivity index (χ1n) is 11.5. The van der Waals surface area contributed by atoms with E-state index in [0.717, 1.165) is 32.1 Å². The lowest BCUT2D eigenvalue weighted by molar-refractivity contribution is -0.151. The molecule has 9 nitrogen and oxygen atoms in total. The molecule has 0 aromatic rings. The lowest BCUT2D eigenvalue weighted by Crippen LogP contribution is -2.59. The van der Waals surface area contributed by atoms with E-state index in [1.807, 2.05) is 20.1 Å². The van der Waals surface area contributed by atoms with Gasteiger partial charge in [-0.25, -0.2) is 4.79 Å². The second kappa shape index (κ2) is 14.7. The molecule has 1 fully saturated rings. The smallest absolute Gasteiger partial charge is 0.326 e. The summed E-state index contributed by atoms with van der Waals surface area (Å²) in [7, 11) is 1.55. The third-order valence-corrected chi connectivity index (χ3v) is 7.06. The average Bonchev–Trinajstić information content (AvgIpc) is 2.79. The highest BCUT2D eigenvalue weighted by Gasteiger charge is 2.38. The van der Waals surface area contributed by atoms with Gasteiger partial charge < -0.3 is 26.0 Å². The third-order valence-electron chi connectivity index (χ3n) is 6.02. The minimum Gasteiger partial charge on any atom is -0.480 e. The van der Waals surface area contributed by atoms with Gasteiger partial charge in [-0.1, -0.05) is 33.1 Å². The molecule has 0 saturated heterocycles. The number of carboxylic acids is 1. The molecule has 1 saturated carbocycles. The van der Waals surface area contributed by atoms with Gasteiger partial charge in [0.2, 0.25) is 17.7 Å². The molecule has 190 valence electrons. The van der Waals surface area contributed by atoms with Crippen LogP contribution in [0.4, 0.5) is 0 Å². The molecule has 3 atom stereocenters. The summed E-state index contributed by atoms with van der Waals surface area (Å²) in [6, 6.07) is -2.75. The lowest BCUT2D eigenvalue weighted by atomic mass is 9.92.